The highest BCUT2D eigenvalue weighted by Gasteiger charge is 2.15. The second-order valence-electron chi connectivity index (χ2n) is 3.77. The zero-order chi connectivity index (χ0) is 13.3. The molecule has 0 fully saturated rings. The van der Waals surface area contributed by atoms with Gasteiger partial charge in [-0.25, -0.2) is 4.98 Å². The fourth-order valence-electron chi connectivity index (χ4n) is 1.55. The van der Waals surface area contributed by atoms with Crippen molar-refractivity contribution in [2.24, 2.45) is 0 Å². The number of carbonyl (C=O) groups excluding carboxylic acids is 1. The number of nitrogens with zero attached hydrogens (tertiary/aromatic N) is 1. The summed E-state index contributed by atoms with van der Waals surface area (Å²) in [6.45, 7) is 3.50. The van der Waals surface area contributed by atoms with Gasteiger partial charge in [-0.1, -0.05) is 23.2 Å². The number of halogens is 2. The average molecular weight is 285 g/mol. The summed E-state index contributed by atoms with van der Waals surface area (Å²) in [6.07, 6.45) is 1.46. The van der Waals surface area contributed by atoms with Gasteiger partial charge in [-0.15, -0.1) is 0 Å². The van der Waals surface area contributed by atoms with E-state index in [4.69, 9.17) is 27.6 Å². The smallest absolute Gasteiger partial charge is 0.259 e. The molecule has 2 aromatic heterocycles. The van der Waals surface area contributed by atoms with E-state index < -0.39 is 0 Å². The Balaban J connectivity index is 2.31. The van der Waals surface area contributed by atoms with E-state index in [1.54, 1.807) is 26.0 Å². The molecule has 0 aliphatic rings. The summed E-state index contributed by atoms with van der Waals surface area (Å²) in [5, 5.41) is 3.15. The van der Waals surface area contributed by atoms with E-state index in [2.05, 4.69) is 10.3 Å². The summed E-state index contributed by atoms with van der Waals surface area (Å²) >= 11 is 11.7. The summed E-state index contributed by atoms with van der Waals surface area (Å²) in [5.74, 6) is 0.249. The third kappa shape index (κ3) is 2.49. The number of aryl methyl sites for hydroxylation is 2. The first-order valence-electron chi connectivity index (χ1n) is 5.17. The molecule has 0 radical (unpaired) electrons. The van der Waals surface area contributed by atoms with Crippen molar-refractivity contribution in [1.82, 2.24) is 4.98 Å². The van der Waals surface area contributed by atoms with Gasteiger partial charge in [-0.05, 0) is 31.5 Å². The maximum Gasteiger partial charge on any atom is 0.259 e. The zero-order valence-corrected chi connectivity index (χ0v) is 11.3. The molecule has 94 valence electrons. The van der Waals surface area contributed by atoms with Gasteiger partial charge >= 0.3 is 0 Å². The van der Waals surface area contributed by atoms with Crippen LogP contribution >= 0.6 is 23.2 Å². The first-order valence-corrected chi connectivity index (χ1v) is 5.92. The van der Waals surface area contributed by atoms with E-state index in [0.717, 1.165) is 5.56 Å². The van der Waals surface area contributed by atoms with Crippen molar-refractivity contribution in [2.75, 3.05) is 5.32 Å². The topological polar surface area (TPSA) is 55.1 Å². The minimum absolute atomic E-state index is 0.162. The number of pyridine rings is 1. The van der Waals surface area contributed by atoms with Crippen LogP contribution in [0.15, 0.2) is 22.8 Å². The Morgan fingerprint density at radius 1 is 1.39 bits per heavy atom. The van der Waals surface area contributed by atoms with Gasteiger partial charge < -0.3 is 9.73 Å². The van der Waals surface area contributed by atoms with E-state index in [-0.39, 0.29) is 16.2 Å². The Morgan fingerprint density at radius 3 is 2.67 bits per heavy atom. The lowest BCUT2D eigenvalue weighted by molar-refractivity contribution is 0.102. The van der Waals surface area contributed by atoms with Crippen LogP contribution in [0.5, 0.6) is 0 Å². The van der Waals surface area contributed by atoms with Gasteiger partial charge in [0.1, 0.15) is 10.9 Å². The predicted molar refractivity (Wildman–Crippen MR) is 70.4 cm³/mol. The van der Waals surface area contributed by atoms with Crippen molar-refractivity contribution in [3.05, 3.63) is 45.6 Å². The molecule has 0 unspecified atom stereocenters. The number of hydrogen-bond acceptors (Lipinski definition) is 3. The predicted octanol–water partition coefficient (Wildman–Crippen LogP) is 3.85. The standard InChI is InChI=1S/C12H10Cl2N2O2/c1-6-5-9(13)15-11(14)10(6)16-12(17)8-3-4-18-7(8)2/h3-5H,1-2H3,(H,16,17). The highest BCUT2D eigenvalue weighted by Crippen LogP contribution is 2.27. The van der Waals surface area contributed by atoms with Gasteiger partial charge in [0.2, 0.25) is 0 Å². The van der Waals surface area contributed by atoms with Gasteiger partial charge in [0.05, 0.1) is 17.5 Å². The maximum absolute atomic E-state index is 12.0. The monoisotopic (exact) mass is 284 g/mol. The number of nitrogens with one attached hydrogen (secondary N) is 1. The van der Waals surface area contributed by atoms with Crippen LogP contribution in [0.1, 0.15) is 21.7 Å². The van der Waals surface area contributed by atoms with Crippen LogP contribution in [0, 0.1) is 13.8 Å². The van der Waals surface area contributed by atoms with Crippen LogP contribution in [-0.2, 0) is 0 Å². The molecule has 0 saturated heterocycles. The fourth-order valence-corrected chi connectivity index (χ4v) is 2.13. The summed E-state index contributed by atoms with van der Waals surface area (Å²) in [4.78, 5) is 15.9. The number of rotatable bonds is 2. The van der Waals surface area contributed by atoms with Crippen molar-refractivity contribution in [1.29, 1.82) is 0 Å². The molecule has 4 nitrogen and oxygen atoms in total. The fraction of sp³-hybridized carbons (Fsp3) is 0.167. The lowest BCUT2D eigenvalue weighted by Crippen LogP contribution is -2.13. The molecule has 0 aromatic carbocycles. The summed E-state index contributed by atoms with van der Waals surface area (Å²) in [6, 6.07) is 3.22. The van der Waals surface area contributed by atoms with E-state index in [9.17, 15) is 4.79 Å². The normalized spacial score (nSPS) is 10.4. The largest absolute Gasteiger partial charge is 0.469 e. The number of amides is 1. The molecule has 0 atom stereocenters. The molecule has 2 aromatic rings. The highest BCUT2D eigenvalue weighted by molar-refractivity contribution is 6.35. The Morgan fingerprint density at radius 2 is 2.11 bits per heavy atom. The summed E-state index contributed by atoms with van der Waals surface area (Å²) in [7, 11) is 0. The van der Waals surface area contributed by atoms with Gasteiger partial charge in [0, 0.05) is 0 Å². The molecule has 2 heterocycles. The van der Waals surface area contributed by atoms with Crippen LogP contribution in [-0.4, -0.2) is 10.9 Å². The van der Waals surface area contributed by atoms with Gasteiger partial charge in [-0.2, -0.15) is 0 Å². The van der Waals surface area contributed by atoms with Crippen LogP contribution in [0.4, 0.5) is 5.69 Å². The molecular weight excluding hydrogens is 275 g/mol. The second kappa shape index (κ2) is 5.00. The lowest BCUT2D eigenvalue weighted by atomic mass is 10.2. The number of furan rings is 1. The third-order valence-corrected chi connectivity index (χ3v) is 2.95. The molecule has 18 heavy (non-hydrogen) atoms. The molecule has 0 saturated carbocycles. The Bertz CT molecular complexity index is 585. The number of aromatic nitrogens is 1. The van der Waals surface area contributed by atoms with Crippen molar-refractivity contribution >= 4 is 34.8 Å². The van der Waals surface area contributed by atoms with Crippen molar-refractivity contribution in [3.63, 3.8) is 0 Å². The summed E-state index contributed by atoms with van der Waals surface area (Å²) in [5.41, 5.74) is 1.65. The van der Waals surface area contributed by atoms with E-state index in [1.807, 2.05) is 0 Å². The van der Waals surface area contributed by atoms with Crippen LogP contribution < -0.4 is 5.32 Å². The second-order valence-corrected chi connectivity index (χ2v) is 4.52. The van der Waals surface area contributed by atoms with Crippen LogP contribution in [0.3, 0.4) is 0 Å². The molecule has 0 bridgehead atoms. The zero-order valence-electron chi connectivity index (χ0n) is 9.75. The van der Waals surface area contributed by atoms with Crippen molar-refractivity contribution < 1.29 is 9.21 Å². The molecule has 0 spiro atoms. The molecule has 1 N–H and O–H groups in total. The number of hydrogen-bond donors (Lipinski definition) is 1. The Labute approximate surface area is 114 Å². The quantitative estimate of drug-likeness (QED) is 0.852. The molecule has 6 heteroatoms. The maximum atomic E-state index is 12.0. The van der Waals surface area contributed by atoms with Gasteiger partial charge in [0.25, 0.3) is 5.91 Å². The SMILES string of the molecule is Cc1cc(Cl)nc(Cl)c1NC(=O)c1ccoc1C. The lowest BCUT2D eigenvalue weighted by Gasteiger charge is -2.09. The van der Waals surface area contributed by atoms with Crippen molar-refractivity contribution in [3.8, 4) is 0 Å². The molecule has 2 rings (SSSR count). The molecule has 1 amide bonds. The van der Waals surface area contributed by atoms with Gasteiger partial charge in [0.15, 0.2) is 5.15 Å². The van der Waals surface area contributed by atoms with Crippen molar-refractivity contribution in [2.45, 2.75) is 13.8 Å². The number of anilines is 1. The molecule has 0 aliphatic heterocycles. The Kier molecular flexibility index (Phi) is 3.59. The molecule has 0 aliphatic carbocycles. The molecular formula is C12H10Cl2N2O2. The van der Waals surface area contributed by atoms with E-state index in [0.29, 0.717) is 17.0 Å². The van der Waals surface area contributed by atoms with Gasteiger partial charge in [-0.3, -0.25) is 4.79 Å². The average Bonchev–Trinajstić information content (AvgIpc) is 2.69. The summed E-state index contributed by atoms with van der Waals surface area (Å²) < 4.78 is 5.07. The Hall–Kier alpha value is -1.52. The number of carbonyl (C=O) groups is 1. The van der Waals surface area contributed by atoms with Crippen LogP contribution in [0.2, 0.25) is 10.3 Å². The first-order chi connectivity index (χ1) is 8.49. The first kappa shape index (κ1) is 12.9. The van der Waals surface area contributed by atoms with Crippen LogP contribution in [0.25, 0.3) is 0 Å². The van der Waals surface area contributed by atoms with E-state index in [1.165, 1.54) is 6.26 Å². The minimum Gasteiger partial charge on any atom is -0.469 e. The highest BCUT2D eigenvalue weighted by atomic mass is 35.5. The van der Waals surface area contributed by atoms with E-state index >= 15 is 0 Å². The minimum atomic E-state index is -0.296. The third-order valence-electron chi connectivity index (χ3n) is 2.48.